The normalized spacial score (nSPS) is 14.8. The number of aliphatic carboxylic acids is 1. The number of carbonyl (C=O) groups is 1. The Hall–Kier alpha value is -1.05. The van der Waals surface area contributed by atoms with E-state index in [9.17, 15) is 4.79 Å². The Bertz CT molecular complexity index is 324. The van der Waals surface area contributed by atoms with E-state index in [0.717, 1.165) is 17.9 Å². The summed E-state index contributed by atoms with van der Waals surface area (Å²) in [7, 11) is 0. The first-order valence-corrected chi connectivity index (χ1v) is 7.48. The minimum absolute atomic E-state index is 0.517. The highest BCUT2D eigenvalue weighted by atomic mass is 16.4. The third kappa shape index (κ3) is 8.63. The van der Waals surface area contributed by atoms with Crippen LogP contribution in [0.25, 0.3) is 0 Å². The third-order valence-electron chi connectivity index (χ3n) is 3.47. The topological polar surface area (TPSA) is 37.3 Å². The SMILES string of the molecule is CCC(C(=O)O)=C(C)C=CCC(C)CCCC(C)C. The third-order valence-corrected chi connectivity index (χ3v) is 3.47. The van der Waals surface area contributed by atoms with Crippen molar-refractivity contribution in [2.24, 2.45) is 11.8 Å². The minimum Gasteiger partial charge on any atom is -0.478 e. The summed E-state index contributed by atoms with van der Waals surface area (Å²) in [6, 6.07) is 0. The van der Waals surface area contributed by atoms with Gasteiger partial charge in [-0.15, -0.1) is 0 Å². The summed E-state index contributed by atoms with van der Waals surface area (Å²) in [4.78, 5) is 11.0. The molecule has 2 heteroatoms. The van der Waals surface area contributed by atoms with Gasteiger partial charge in [-0.2, -0.15) is 0 Å². The first-order chi connectivity index (χ1) is 8.88. The molecule has 0 aromatic carbocycles. The standard InChI is InChI=1S/C17H30O2/c1-6-16(17(18)19)15(5)12-8-11-14(4)10-7-9-13(2)3/h8,12-14H,6-7,9-11H2,1-5H3,(H,18,19). The van der Waals surface area contributed by atoms with E-state index in [1.54, 1.807) is 0 Å². The zero-order chi connectivity index (χ0) is 14.8. The average molecular weight is 266 g/mol. The summed E-state index contributed by atoms with van der Waals surface area (Å²) in [6.07, 6.45) is 9.54. The van der Waals surface area contributed by atoms with Crippen LogP contribution < -0.4 is 0 Å². The van der Waals surface area contributed by atoms with Gasteiger partial charge in [-0.1, -0.05) is 59.1 Å². The van der Waals surface area contributed by atoms with E-state index in [4.69, 9.17) is 5.11 Å². The van der Waals surface area contributed by atoms with Crippen LogP contribution in [0, 0.1) is 11.8 Å². The van der Waals surface area contributed by atoms with Gasteiger partial charge in [0.25, 0.3) is 0 Å². The summed E-state index contributed by atoms with van der Waals surface area (Å²) in [5, 5.41) is 9.03. The van der Waals surface area contributed by atoms with E-state index in [0.29, 0.717) is 17.9 Å². The lowest BCUT2D eigenvalue weighted by Gasteiger charge is -2.10. The van der Waals surface area contributed by atoms with E-state index in [2.05, 4.69) is 26.8 Å². The van der Waals surface area contributed by atoms with Crippen LogP contribution in [0.2, 0.25) is 0 Å². The molecule has 0 aliphatic rings. The Morgan fingerprint density at radius 3 is 2.32 bits per heavy atom. The van der Waals surface area contributed by atoms with Crippen molar-refractivity contribution in [3.63, 3.8) is 0 Å². The maximum atomic E-state index is 11.0. The summed E-state index contributed by atoms with van der Waals surface area (Å²) in [6.45, 7) is 10.6. The fraction of sp³-hybridized carbons (Fsp3) is 0.706. The molecule has 0 rings (SSSR count). The highest BCUT2D eigenvalue weighted by molar-refractivity contribution is 5.87. The van der Waals surface area contributed by atoms with Crippen LogP contribution in [0.1, 0.15) is 66.7 Å². The second-order valence-corrected chi connectivity index (χ2v) is 5.89. The summed E-state index contributed by atoms with van der Waals surface area (Å²) in [5.41, 5.74) is 1.40. The Morgan fingerprint density at radius 2 is 1.84 bits per heavy atom. The molecular weight excluding hydrogens is 236 g/mol. The van der Waals surface area contributed by atoms with Crippen molar-refractivity contribution < 1.29 is 9.90 Å². The second-order valence-electron chi connectivity index (χ2n) is 5.89. The van der Waals surface area contributed by atoms with Crippen molar-refractivity contribution in [1.82, 2.24) is 0 Å². The van der Waals surface area contributed by atoms with Gasteiger partial charge in [0.15, 0.2) is 0 Å². The zero-order valence-electron chi connectivity index (χ0n) is 13.2. The predicted molar refractivity (Wildman–Crippen MR) is 82.2 cm³/mol. The first-order valence-electron chi connectivity index (χ1n) is 7.48. The molecule has 19 heavy (non-hydrogen) atoms. The molecule has 1 atom stereocenters. The summed E-state index contributed by atoms with van der Waals surface area (Å²) >= 11 is 0. The lowest BCUT2D eigenvalue weighted by Crippen LogP contribution is -2.01. The molecule has 110 valence electrons. The maximum Gasteiger partial charge on any atom is 0.331 e. The molecule has 0 saturated heterocycles. The van der Waals surface area contributed by atoms with Crippen LogP contribution in [0.4, 0.5) is 0 Å². The summed E-state index contributed by atoms with van der Waals surface area (Å²) < 4.78 is 0. The average Bonchev–Trinajstić information content (AvgIpc) is 2.28. The number of carboxylic acids is 1. The Labute approximate surface area is 118 Å². The van der Waals surface area contributed by atoms with Crippen molar-refractivity contribution in [3.8, 4) is 0 Å². The van der Waals surface area contributed by atoms with Crippen LogP contribution in [0.5, 0.6) is 0 Å². The number of hydrogen-bond acceptors (Lipinski definition) is 1. The van der Waals surface area contributed by atoms with Gasteiger partial charge in [0.1, 0.15) is 0 Å². The fourth-order valence-corrected chi connectivity index (χ4v) is 2.17. The van der Waals surface area contributed by atoms with Crippen LogP contribution >= 0.6 is 0 Å². The van der Waals surface area contributed by atoms with Crippen molar-refractivity contribution in [3.05, 3.63) is 23.3 Å². The molecule has 0 fully saturated rings. The number of carboxylic acid groups (broad SMARTS) is 1. The van der Waals surface area contributed by atoms with Gasteiger partial charge in [0, 0.05) is 5.57 Å². The van der Waals surface area contributed by atoms with Crippen LogP contribution in [0.15, 0.2) is 23.3 Å². The van der Waals surface area contributed by atoms with E-state index in [1.165, 1.54) is 19.3 Å². The second kappa shape index (κ2) is 9.82. The smallest absolute Gasteiger partial charge is 0.331 e. The van der Waals surface area contributed by atoms with Gasteiger partial charge in [0.05, 0.1) is 0 Å². The molecule has 0 saturated carbocycles. The fourth-order valence-electron chi connectivity index (χ4n) is 2.17. The van der Waals surface area contributed by atoms with E-state index in [-0.39, 0.29) is 0 Å². The van der Waals surface area contributed by atoms with E-state index >= 15 is 0 Å². The molecule has 1 N–H and O–H groups in total. The maximum absolute atomic E-state index is 11.0. The van der Waals surface area contributed by atoms with E-state index < -0.39 is 5.97 Å². The number of rotatable bonds is 9. The van der Waals surface area contributed by atoms with Crippen LogP contribution in [-0.4, -0.2) is 11.1 Å². The number of hydrogen-bond donors (Lipinski definition) is 1. The molecule has 0 aromatic heterocycles. The predicted octanol–water partition coefficient (Wildman–Crippen LogP) is 5.21. The molecule has 0 aliphatic heterocycles. The lowest BCUT2D eigenvalue weighted by molar-refractivity contribution is -0.132. The molecule has 1 unspecified atom stereocenters. The molecular formula is C17H30O2. The molecule has 0 radical (unpaired) electrons. The van der Waals surface area contributed by atoms with Gasteiger partial charge < -0.3 is 5.11 Å². The molecule has 0 amide bonds. The highest BCUT2D eigenvalue weighted by Gasteiger charge is 2.06. The van der Waals surface area contributed by atoms with Crippen LogP contribution in [-0.2, 0) is 4.79 Å². The minimum atomic E-state index is -0.797. The van der Waals surface area contributed by atoms with Gasteiger partial charge in [-0.3, -0.25) is 0 Å². The van der Waals surface area contributed by atoms with Crippen molar-refractivity contribution in [1.29, 1.82) is 0 Å². The van der Waals surface area contributed by atoms with Gasteiger partial charge in [-0.05, 0) is 37.2 Å². The lowest BCUT2D eigenvalue weighted by atomic mass is 9.96. The molecule has 0 aromatic rings. The zero-order valence-corrected chi connectivity index (χ0v) is 13.2. The van der Waals surface area contributed by atoms with Crippen molar-refractivity contribution in [2.45, 2.75) is 66.7 Å². The molecule has 0 heterocycles. The molecule has 0 aliphatic carbocycles. The highest BCUT2D eigenvalue weighted by Crippen LogP contribution is 2.17. The van der Waals surface area contributed by atoms with Gasteiger partial charge in [-0.25, -0.2) is 4.79 Å². The molecule has 0 spiro atoms. The largest absolute Gasteiger partial charge is 0.478 e. The Kier molecular flexibility index (Phi) is 9.28. The van der Waals surface area contributed by atoms with Crippen molar-refractivity contribution in [2.75, 3.05) is 0 Å². The molecule has 2 nitrogen and oxygen atoms in total. The molecule has 0 bridgehead atoms. The van der Waals surface area contributed by atoms with Crippen LogP contribution in [0.3, 0.4) is 0 Å². The van der Waals surface area contributed by atoms with E-state index in [1.807, 2.05) is 19.9 Å². The summed E-state index contributed by atoms with van der Waals surface area (Å²) in [5.74, 6) is 0.669. The van der Waals surface area contributed by atoms with Gasteiger partial charge >= 0.3 is 5.97 Å². The number of allylic oxidation sites excluding steroid dienone is 3. The first kappa shape index (κ1) is 17.9. The Balaban J connectivity index is 4.17. The van der Waals surface area contributed by atoms with Gasteiger partial charge in [0.2, 0.25) is 0 Å². The monoisotopic (exact) mass is 266 g/mol. The quantitative estimate of drug-likeness (QED) is 0.459. The van der Waals surface area contributed by atoms with Crippen molar-refractivity contribution >= 4 is 5.97 Å². The Morgan fingerprint density at radius 1 is 1.21 bits per heavy atom.